The fraction of sp³-hybridized carbons (Fsp3) is 0.455. The molecule has 5 nitrogen and oxygen atoms in total. The number of thiophene rings is 1. The van der Waals surface area contributed by atoms with Crippen LogP contribution in [0.4, 0.5) is 0 Å². The Kier molecular flexibility index (Phi) is 5.13. The lowest BCUT2D eigenvalue weighted by molar-refractivity contribution is -0.142. The van der Waals surface area contributed by atoms with Crippen molar-refractivity contribution in [3.8, 4) is 0 Å². The first-order chi connectivity index (χ1) is 8.11. The molecule has 100 valence electrons. The summed E-state index contributed by atoms with van der Waals surface area (Å²) in [6, 6.07) is 1.10. The summed E-state index contributed by atoms with van der Waals surface area (Å²) in [6.45, 7) is 3.25. The number of piperazine rings is 1. The van der Waals surface area contributed by atoms with E-state index in [0.29, 0.717) is 24.5 Å². The van der Waals surface area contributed by atoms with E-state index in [2.05, 4.69) is 5.32 Å². The summed E-state index contributed by atoms with van der Waals surface area (Å²) in [4.78, 5) is 25.4. The van der Waals surface area contributed by atoms with Gasteiger partial charge in [0.25, 0.3) is 5.91 Å². The van der Waals surface area contributed by atoms with E-state index in [1.165, 1.54) is 16.2 Å². The zero-order valence-corrected chi connectivity index (χ0v) is 11.5. The maximum Gasteiger partial charge on any atom is 0.327 e. The number of carbonyl (C=O) groups excluding carboxylic acids is 1. The number of aliphatic carboxylic acids is 1. The van der Waals surface area contributed by atoms with Gasteiger partial charge in [-0.3, -0.25) is 4.79 Å². The molecule has 2 rings (SSSR count). The van der Waals surface area contributed by atoms with Crippen LogP contribution in [0.3, 0.4) is 0 Å². The molecule has 0 saturated carbocycles. The van der Waals surface area contributed by atoms with Gasteiger partial charge in [0.15, 0.2) is 0 Å². The Hall–Kier alpha value is -1.11. The van der Waals surface area contributed by atoms with E-state index in [4.69, 9.17) is 5.11 Å². The Balaban J connectivity index is 0.00000162. The minimum Gasteiger partial charge on any atom is -0.480 e. The number of carboxylic acid groups (broad SMARTS) is 1. The first-order valence-corrected chi connectivity index (χ1v) is 6.28. The van der Waals surface area contributed by atoms with E-state index >= 15 is 0 Å². The molecule has 1 aromatic rings. The van der Waals surface area contributed by atoms with E-state index in [0.717, 1.165) is 5.56 Å². The molecule has 0 radical (unpaired) electrons. The minimum atomic E-state index is -0.959. The highest BCUT2D eigenvalue weighted by Gasteiger charge is 2.33. The third kappa shape index (κ3) is 2.82. The number of nitrogens with one attached hydrogen (secondary N) is 1. The molecule has 1 aromatic heterocycles. The lowest BCUT2D eigenvalue weighted by Gasteiger charge is -2.33. The Bertz CT molecular complexity index is 449. The molecule has 1 saturated heterocycles. The first-order valence-electron chi connectivity index (χ1n) is 5.40. The van der Waals surface area contributed by atoms with E-state index < -0.39 is 12.0 Å². The predicted molar refractivity (Wildman–Crippen MR) is 71.6 cm³/mol. The number of rotatable bonds is 2. The second-order valence-electron chi connectivity index (χ2n) is 3.99. The van der Waals surface area contributed by atoms with E-state index in [-0.39, 0.29) is 18.3 Å². The molecule has 1 unspecified atom stereocenters. The normalized spacial score (nSPS) is 19.2. The summed E-state index contributed by atoms with van der Waals surface area (Å²) < 4.78 is 0. The summed E-state index contributed by atoms with van der Waals surface area (Å²) in [6.07, 6.45) is 0. The summed E-state index contributed by atoms with van der Waals surface area (Å²) >= 11 is 1.36. The summed E-state index contributed by atoms with van der Waals surface area (Å²) in [5.74, 6) is -1.13. The maximum absolute atomic E-state index is 12.2. The van der Waals surface area contributed by atoms with Crippen molar-refractivity contribution in [2.45, 2.75) is 13.0 Å². The van der Waals surface area contributed by atoms with Crippen LogP contribution in [0.5, 0.6) is 0 Å². The molecular weight excluding hydrogens is 276 g/mol. The van der Waals surface area contributed by atoms with Crippen LogP contribution >= 0.6 is 23.7 Å². The van der Waals surface area contributed by atoms with Crippen molar-refractivity contribution in [3.05, 3.63) is 21.9 Å². The second-order valence-corrected chi connectivity index (χ2v) is 4.91. The molecule has 2 heterocycles. The first kappa shape index (κ1) is 14.9. The van der Waals surface area contributed by atoms with Crippen LogP contribution in [-0.4, -0.2) is 47.6 Å². The fourth-order valence-electron chi connectivity index (χ4n) is 1.89. The van der Waals surface area contributed by atoms with Crippen LogP contribution in [0.2, 0.25) is 0 Å². The number of hydrogen-bond acceptors (Lipinski definition) is 4. The molecule has 0 spiro atoms. The molecule has 0 aromatic carbocycles. The highest BCUT2D eigenvalue weighted by molar-refractivity contribution is 7.12. The summed E-state index contributed by atoms with van der Waals surface area (Å²) in [5, 5.41) is 13.9. The zero-order valence-electron chi connectivity index (χ0n) is 9.88. The van der Waals surface area contributed by atoms with Crippen molar-refractivity contribution in [1.29, 1.82) is 0 Å². The van der Waals surface area contributed by atoms with Gasteiger partial charge in [0, 0.05) is 19.6 Å². The molecule has 1 aliphatic rings. The predicted octanol–water partition coefficient (Wildman–Crippen LogP) is 0.977. The SMILES string of the molecule is Cc1ccsc1C(=O)N1CCNCC1C(=O)O.Cl. The van der Waals surface area contributed by atoms with Gasteiger partial charge in [0.1, 0.15) is 6.04 Å². The summed E-state index contributed by atoms with van der Waals surface area (Å²) in [7, 11) is 0. The standard InChI is InChI=1S/C11H14N2O3S.ClH/c1-7-2-5-17-9(7)10(14)13-4-3-12-6-8(13)11(15)16;/h2,5,8,12H,3-4,6H2,1H3,(H,15,16);1H. The number of aryl methyl sites for hydroxylation is 1. The van der Waals surface area contributed by atoms with Crippen molar-refractivity contribution in [3.63, 3.8) is 0 Å². The number of amides is 1. The van der Waals surface area contributed by atoms with Crippen LogP contribution in [0.1, 0.15) is 15.2 Å². The van der Waals surface area contributed by atoms with Gasteiger partial charge in [-0.2, -0.15) is 0 Å². The Labute approximate surface area is 115 Å². The molecule has 1 amide bonds. The molecule has 2 N–H and O–H groups in total. The van der Waals surface area contributed by atoms with Gasteiger partial charge < -0.3 is 15.3 Å². The topological polar surface area (TPSA) is 69.6 Å². The van der Waals surface area contributed by atoms with Gasteiger partial charge >= 0.3 is 5.97 Å². The lowest BCUT2D eigenvalue weighted by Crippen LogP contribution is -2.56. The quantitative estimate of drug-likeness (QED) is 0.852. The van der Waals surface area contributed by atoms with Crippen molar-refractivity contribution >= 4 is 35.6 Å². The monoisotopic (exact) mass is 290 g/mol. The van der Waals surface area contributed by atoms with Gasteiger partial charge in [-0.1, -0.05) is 0 Å². The number of carbonyl (C=O) groups is 2. The average Bonchev–Trinajstić information content (AvgIpc) is 2.74. The van der Waals surface area contributed by atoms with Gasteiger partial charge in [0.2, 0.25) is 0 Å². The van der Waals surface area contributed by atoms with Crippen molar-refractivity contribution in [2.75, 3.05) is 19.6 Å². The minimum absolute atomic E-state index is 0. The molecular formula is C11H15ClN2O3S. The van der Waals surface area contributed by atoms with E-state index in [1.54, 1.807) is 0 Å². The molecule has 0 bridgehead atoms. The van der Waals surface area contributed by atoms with Crippen LogP contribution < -0.4 is 5.32 Å². The maximum atomic E-state index is 12.2. The molecule has 1 atom stereocenters. The highest BCUT2D eigenvalue weighted by atomic mass is 35.5. The third-order valence-corrected chi connectivity index (χ3v) is 3.85. The van der Waals surface area contributed by atoms with Gasteiger partial charge in [-0.05, 0) is 23.9 Å². The molecule has 0 aliphatic carbocycles. The smallest absolute Gasteiger partial charge is 0.327 e. The van der Waals surface area contributed by atoms with Crippen LogP contribution in [-0.2, 0) is 4.79 Å². The molecule has 7 heteroatoms. The second kappa shape index (κ2) is 6.17. The van der Waals surface area contributed by atoms with E-state index in [1.807, 2.05) is 18.4 Å². The third-order valence-electron chi connectivity index (χ3n) is 2.85. The highest BCUT2D eigenvalue weighted by Crippen LogP contribution is 2.19. The zero-order chi connectivity index (χ0) is 12.4. The van der Waals surface area contributed by atoms with Crippen molar-refractivity contribution in [1.82, 2.24) is 10.2 Å². The number of nitrogens with zero attached hydrogens (tertiary/aromatic N) is 1. The van der Waals surface area contributed by atoms with Crippen LogP contribution in [0.15, 0.2) is 11.4 Å². The summed E-state index contributed by atoms with van der Waals surface area (Å²) in [5.41, 5.74) is 0.905. The Morgan fingerprint density at radius 3 is 2.83 bits per heavy atom. The number of halogens is 1. The lowest BCUT2D eigenvalue weighted by atomic mass is 10.1. The van der Waals surface area contributed by atoms with Crippen LogP contribution in [0, 0.1) is 6.92 Å². The van der Waals surface area contributed by atoms with Gasteiger partial charge in [0.05, 0.1) is 4.88 Å². The van der Waals surface area contributed by atoms with Crippen LogP contribution in [0.25, 0.3) is 0 Å². The van der Waals surface area contributed by atoms with Gasteiger partial charge in [-0.25, -0.2) is 4.79 Å². The van der Waals surface area contributed by atoms with E-state index in [9.17, 15) is 9.59 Å². The van der Waals surface area contributed by atoms with Gasteiger partial charge in [-0.15, -0.1) is 23.7 Å². The Morgan fingerprint density at radius 1 is 1.56 bits per heavy atom. The van der Waals surface area contributed by atoms with Crippen molar-refractivity contribution in [2.24, 2.45) is 0 Å². The van der Waals surface area contributed by atoms with Crippen molar-refractivity contribution < 1.29 is 14.7 Å². The average molecular weight is 291 g/mol. The number of hydrogen-bond donors (Lipinski definition) is 2. The molecule has 18 heavy (non-hydrogen) atoms. The largest absolute Gasteiger partial charge is 0.480 e. The Morgan fingerprint density at radius 2 is 2.28 bits per heavy atom. The molecule has 1 fully saturated rings. The number of carboxylic acids is 1. The fourth-order valence-corrected chi connectivity index (χ4v) is 2.77. The molecule has 1 aliphatic heterocycles.